The van der Waals surface area contributed by atoms with E-state index in [1.54, 1.807) is 18.4 Å². The standard InChI is InChI=1S/C13H18ClN5OS/c1-8(2)20-13-17-11(15-3)16-12(18-13)19(4)7-9-5-6-10(14)21-9/h5-6,8H,7H2,1-4H3,(H,15,16,17,18). The maximum absolute atomic E-state index is 5.95. The molecule has 0 unspecified atom stereocenters. The van der Waals surface area contributed by atoms with Crippen LogP contribution in [0.25, 0.3) is 0 Å². The molecule has 114 valence electrons. The number of anilines is 2. The van der Waals surface area contributed by atoms with Crippen molar-refractivity contribution in [2.75, 3.05) is 24.3 Å². The molecule has 6 nitrogen and oxygen atoms in total. The van der Waals surface area contributed by atoms with Crippen LogP contribution in [0.4, 0.5) is 11.9 Å². The van der Waals surface area contributed by atoms with Gasteiger partial charge in [0.2, 0.25) is 11.9 Å². The van der Waals surface area contributed by atoms with Crippen molar-refractivity contribution in [3.8, 4) is 6.01 Å². The van der Waals surface area contributed by atoms with E-state index in [-0.39, 0.29) is 6.10 Å². The van der Waals surface area contributed by atoms with Gasteiger partial charge in [-0.3, -0.25) is 0 Å². The molecule has 2 rings (SSSR count). The number of aromatic nitrogens is 3. The SMILES string of the molecule is CNc1nc(OC(C)C)nc(N(C)Cc2ccc(Cl)s2)n1. The average Bonchev–Trinajstić information content (AvgIpc) is 2.82. The molecule has 0 saturated carbocycles. The van der Waals surface area contributed by atoms with Crippen molar-refractivity contribution < 1.29 is 4.74 Å². The van der Waals surface area contributed by atoms with Gasteiger partial charge in [0.1, 0.15) is 0 Å². The van der Waals surface area contributed by atoms with E-state index >= 15 is 0 Å². The van der Waals surface area contributed by atoms with Crippen LogP contribution in [-0.2, 0) is 6.54 Å². The molecule has 0 fully saturated rings. The highest BCUT2D eigenvalue weighted by atomic mass is 35.5. The highest BCUT2D eigenvalue weighted by Gasteiger charge is 2.13. The molecule has 2 heterocycles. The predicted molar refractivity (Wildman–Crippen MR) is 86.6 cm³/mol. The first-order valence-electron chi connectivity index (χ1n) is 6.53. The Morgan fingerprint density at radius 1 is 1.33 bits per heavy atom. The first-order valence-corrected chi connectivity index (χ1v) is 7.73. The molecular formula is C13H18ClN5OS. The summed E-state index contributed by atoms with van der Waals surface area (Å²) < 4.78 is 6.33. The first kappa shape index (κ1) is 15.8. The lowest BCUT2D eigenvalue weighted by Gasteiger charge is -2.17. The Labute approximate surface area is 133 Å². The number of halogens is 1. The van der Waals surface area contributed by atoms with Crippen molar-refractivity contribution in [3.63, 3.8) is 0 Å². The Bertz CT molecular complexity index is 604. The first-order chi connectivity index (χ1) is 9.97. The van der Waals surface area contributed by atoms with Crippen molar-refractivity contribution in [2.45, 2.75) is 26.5 Å². The van der Waals surface area contributed by atoms with Crippen molar-refractivity contribution in [1.29, 1.82) is 0 Å². The molecule has 0 aliphatic heterocycles. The van der Waals surface area contributed by atoms with E-state index in [1.807, 2.05) is 37.9 Å². The Morgan fingerprint density at radius 2 is 2.10 bits per heavy atom. The van der Waals surface area contributed by atoms with Gasteiger partial charge in [-0.05, 0) is 26.0 Å². The minimum Gasteiger partial charge on any atom is -0.461 e. The molecule has 0 aliphatic rings. The van der Waals surface area contributed by atoms with Crippen molar-refractivity contribution in [1.82, 2.24) is 15.0 Å². The lowest BCUT2D eigenvalue weighted by molar-refractivity contribution is 0.222. The molecule has 21 heavy (non-hydrogen) atoms. The Kier molecular flexibility index (Phi) is 5.19. The number of hydrogen-bond donors (Lipinski definition) is 1. The molecule has 0 atom stereocenters. The lowest BCUT2D eigenvalue weighted by Crippen LogP contribution is -2.20. The molecule has 0 radical (unpaired) electrons. The monoisotopic (exact) mass is 327 g/mol. The summed E-state index contributed by atoms with van der Waals surface area (Å²) in [6, 6.07) is 4.19. The maximum Gasteiger partial charge on any atom is 0.323 e. The number of hydrogen-bond acceptors (Lipinski definition) is 7. The molecule has 0 bridgehead atoms. The van der Waals surface area contributed by atoms with Crippen LogP contribution in [0.5, 0.6) is 6.01 Å². The van der Waals surface area contributed by atoms with Gasteiger partial charge < -0.3 is 15.0 Å². The van der Waals surface area contributed by atoms with E-state index in [0.29, 0.717) is 24.5 Å². The molecule has 2 aromatic heterocycles. The third-order valence-corrected chi connectivity index (χ3v) is 3.75. The highest BCUT2D eigenvalue weighted by Crippen LogP contribution is 2.24. The van der Waals surface area contributed by atoms with Crippen LogP contribution >= 0.6 is 22.9 Å². The van der Waals surface area contributed by atoms with Crippen LogP contribution in [-0.4, -0.2) is 35.2 Å². The Morgan fingerprint density at radius 3 is 2.67 bits per heavy atom. The van der Waals surface area contributed by atoms with Crippen molar-refractivity contribution in [2.24, 2.45) is 0 Å². The zero-order valence-corrected chi connectivity index (χ0v) is 14.0. The zero-order chi connectivity index (χ0) is 15.4. The zero-order valence-electron chi connectivity index (χ0n) is 12.4. The highest BCUT2D eigenvalue weighted by molar-refractivity contribution is 7.16. The lowest BCUT2D eigenvalue weighted by atomic mass is 10.4. The van der Waals surface area contributed by atoms with E-state index in [9.17, 15) is 0 Å². The van der Waals surface area contributed by atoms with Gasteiger partial charge in [-0.15, -0.1) is 11.3 Å². The number of ether oxygens (including phenoxy) is 1. The summed E-state index contributed by atoms with van der Waals surface area (Å²) in [5.74, 6) is 1.03. The largest absolute Gasteiger partial charge is 0.461 e. The van der Waals surface area contributed by atoms with Crippen LogP contribution in [0.15, 0.2) is 12.1 Å². The van der Waals surface area contributed by atoms with Gasteiger partial charge in [0.25, 0.3) is 0 Å². The third-order valence-electron chi connectivity index (χ3n) is 2.53. The summed E-state index contributed by atoms with van der Waals surface area (Å²) in [5, 5.41) is 2.92. The maximum atomic E-state index is 5.95. The number of nitrogens with one attached hydrogen (secondary N) is 1. The summed E-state index contributed by atoms with van der Waals surface area (Å²) >= 11 is 7.49. The summed E-state index contributed by atoms with van der Waals surface area (Å²) in [4.78, 5) is 15.9. The summed E-state index contributed by atoms with van der Waals surface area (Å²) in [6.07, 6.45) is 0.00589. The number of thiophene rings is 1. The van der Waals surface area contributed by atoms with Crippen LogP contribution in [0.3, 0.4) is 0 Å². The number of nitrogens with zero attached hydrogens (tertiary/aromatic N) is 4. The van der Waals surface area contributed by atoms with E-state index in [0.717, 1.165) is 9.21 Å². The molecule has 0 spiro atoms. The van der Waals surface area contributed by atoms with Crippen LogP contribution in [0.1, 0.15) is 18.7 Å². The molecule has 0 amide bonds. The molecule has 1 N–H and O–H groups in total. The summed E-state index contributed by atoms with van der Waals surface area (Å²) in [5.41, 5.74) is 0. The molecule has 0 aromatic carbocycles. The second kappa shape index (κ2) is 6.91. The van der Waals surface area contributed by atoms with Gasteiger partial charge >= 0.3 is 6.01 Å². The smallest absolute Gasteiger partial charge is 0.323 e. The summed E-state index contributed by atoms with van der Waals surface area (Å²) in [6.45, 7) is 4.53. The van der Waals surface area contributed by atoms with Gasteiger partial charge in [-0.1, -0.05) is 11.6 Å². The van der Waals surface area contributed by atoms with Crippen LogP contribution < -0.4 is 15.0 Å². The molecule has 2 aromatic rings. The average molecular weight is 328 g/mol. The fourth-order valence-electron chi connectivity index (χ4n) is 1.63. The number of rotatable bonds is 6. The second-order valence-electron chi connectivity index (χ2n) is 4.72. The third kappa shape index (κ3) is 4.44. The van der Waals surface area contributed by atoms with Crippen molar-refractivity contribution in [3.05, 3.63) is 21.3 Å². The second-order valence-corrected chi connectivity index (χ2v) is 6.52. The molecule has 0 saturated heterocycles. The predicted octanol–water partition coefficient (Wildman–Crippen LogP) is 3.05. The van der Waals surface area contributed by atoms with E-state index in [1.165, 1.54) is 0 Å². The Hall–Kier alpha value is -1.60. The Balaban J connectivity index is 2.20. The van der Waals surface area contributed by atoms with Gasteiger partial charge in [0.05, 0.1) is 17.0 Å². The summed E-state index contributed by atoms with van der Waals surface area (Å²) in [7, 11) is 3.68. The van der Waals surface area contributed by atoms with Crippen LogP contribution in [0, 0.1) is 0 Å². The van der Waals surface area contributed by atoms with Gasteiger partial charge in [-0.2, -0.15) is 15.0 Å². The minimum absolute atomic E-state index is 0.00589. The fourth-order valence-corrected chi connectivity index (χ4v) is 2.77. The van der Waals surface area contributed by atoms with Gasteiger partial charge in [0, 0.05) is 19.0 Å². The van der Waals surface area contributed by atoms with Gasteiger partial charge in [-0.25, -0.2) is 0 Å². The molecule has 0 aliphatic carbocycles. The minimum atomic E-state index is 0.00589. The molecular weight excluding hydrogens is 310 g/mol. The normalized spacial score (nSPS) is 10.8. The van der Waals surface area contributed by atoms with E-state index in [2.05, 4.69) is 20.3 Å². The quantitative estimate of drug-likeness (QED) is 0.879. The fraction of sp³-hybridized carbons (Fsp3) is 0.462. The molecule has 8 heteroatoms. The van der Waals surface area contributed by atoms with Crippen LogP contribution in [0.2, 0.25) is 4.34 Å². The van der Waals surface area contributed by atoms with Crippen molar-refractivity contribution >= 4 is 34.8 Å². The van der Waals surface area contributed by atoms with E-state index in [4.69, 9.17) is 16.3 Å². The van der Waals surface area contributed by atoms with Gasteiger partial charge in [0.15, 0.2) is 0 Å². The topological polar surface area (TPSA) is 63.2 Å². The van der Waals surface area contributed by atoms with E-state index < -0.39 is 0 Å².